The van der Waals surface area contributed by atoms with E-state index in [0.29, 0.717) is 5.95 Å². The van der Waals surface area contributed by atoms with E-state index in [9.17, 15) is 17.6 Å². The molecular weight excluding hydrogens is 451 g/mol. The van der Waals surface area contributed by atoms with Gasteiger partial charge in [-0.1, -0.05) is 0 Å². The highest BCUT2D eigenvalue weighted by Gasteiger charge is 2.45. The lowest BCUT2D eigenvalue weighted by Crippen LogP contribution is -2.57. The number of rotatable bonds is 3. The van der Waals surface area contributed by atoms with E-state index in [1.54, 1.807) is 12.4 Å². The van der Waals surface area contributed by atoms with Gasteiger partial charge in [-0.05, 0) is 15.9 Å². The minimum Gasteiger partial charge on any atom is -0.423 e. The second-order valence-corrected chi connectivity index (χ2v) is 7.23. The van der Waals surface area contributed by atoms with Gasteiger partial charge in [-0.3, -0.25) is 0 Å². The quantitative estimate of drug-likeness (QED) is 0.494. The molecular formula is C14H14BBrF4N6O2. The van der Waals surface area contributed by atoms with E-state index >= 15 is 0 Å². The summed E-state index contributed by atoms with van der Waals surface area (Å²) >= 11 is 3.17. The van der Waals surface area contributed by atoms with Crippen molar-refractivity contribution in [1.29, 1.82) is 0 Å². The zero-order valence-corrected chi connectivity index (χ0v) is 15.8. The maximum atomic E-state index is 12.5. The van der Waals surface area contributed by atoms with E-state index in [-0.39, 0.29) is 24.5 Å². The third kappa shape index (κ3) is 5.05. The lowest BCUT2D eigenvalue weighted by atomic mass is 9.83. The number of hydrogen-bond acceptors (Lipinski definition) is 8. The summed E-state index contributed by atoms with van der Waals surface area (Å²) in [5.41, 5.74) is 0.131. The molecule has 0 saturated carbocycles. The van der Waals surface area contributed by atoms with Crippen LogP contribution in [0, 0.1) is 0 Å². The summed E-state index contributed by atoms with van der Waals surface area (Å²) in [7, 11) is -1.64. The SMILES string of the molecule is FC1(F)CN(c2ncc(Br)cn2)C1.OB(O)c1cnc(N2CC(F)(F)C2)nc1. The van der Waals surface area contributed by atoms with E-state index in [1.165, 1.54) is 22.2 Å². The Labute approximate surface area is 165 Å². The van der Waals surface area contributed by atoms with Crippen LogP contribution in [0.25, 0.3) is 0 Å². The Morgan fingerprint density at radius 3 is 1.46 bits per heavy atom. The lowest BCUT2D eigenvalue weighted by molar-refractivity contribution is -0.0277. The number of aromatic nitrogens is 4. The van der Waals surface area contributed by atoms with E-state index in [1.807, 2.05) is 0 Å². The summed E-state index contributed by atoms with van der Waals surface area (Å²) in [6.07, 6.45) is 5.48. The Bertz CT molecular complexity index is 798. The number of hydrogen-bond donors (Lipinski definition) is 2. The first-order valence-electron chi connectivity index (χ1n) is 7.96. The van der Waals surface area contributed by atoms with Crippen molar-refractivity contribution in [1.82, 2.24) is 19.9 Å². The van der Waals surface area contributed by atoms with Crippen LogP contribution in [0.2, 0.25) is 0 Å². The molecule has 2 saturated heterocycles. The van der Waals surface area contributed by atoms with Crippen LogP contribution in [0.4, 0.5) is 29.5 Å². The molecule has 2 aliphatic heterocycles. The van der Waals surface area contributed by atoms with Gasteiger partial charge >= 0.3 is 7.12 Å². The molecule has 2 aromatic rings. The monoisotopic (exact) mass is 464 g/mol. The van der Waals surface area contributed by atoms with Crippen molar-refractivity contribution in [2.75, 3.05) is 36.0 Å². The first-order chi connectivity index (χ1) is 13.0. The predicted molar refractivity (Wildman–Crippen MR) is 95.9 cm³/mol. The molecule has 0 radical (unpaired) electrons. The van der Waals surface area contributed by atoms with Gasteiger partial charge < -0.3 is 19.8 Å². The molecule has 0 aliphatic carbocycles. The zero-order valence-electron chi connectivity index (χ0n) is 14.2. The van der Waals surface area contributed by atoms with Crippen LogP contribution < -0.4 is 15.3 Å². The summed E-state index contributed by atoms with van der Waals surface area (Å²) in [6, 6.07) is 0. The highest BCUT2D eigenvalue weighted by atomic mass is 79.9. The summed E-state index contributed by atoms with van der Waals surface area (Å²) in [5.74, 6) is -4.71. The van der Waals surface area contributed by atoms with Crippen LogP contribution in [-0.2, 0) is 0 Å². The van der Waals surface area contributed by atoms with Crippen molar-refractivity contribution < 1.29 is 27.6 Å². The smallest absolute Gasteiger partial charge is 0.423 e. The van der Waals surface area contributed by atoms with Crippen molar-refractivity contribution in [3.05, 3.63) is 29.3 Å². The van der Waals surface area contributed by atoms with Gasteiger partial charge in [-0.15, -0.1) is 0 Å². The standard InChI is InChI=1S/C7H8BF2N3O2.C7H6BrF2N3/c9-7(10)3-13(4-7)6-11-1-5(2-12-6)8(14)15;8-5-1-11-6(12-2-5)13-3-7(9,10)4-13/h1-2,14-15H,3-4H2;1-2H,3-4H2. The molecule has 0 spiro atoms. The average molecular weight is 465 g/mol. The van der Waals surface area contributed by atoms with Crippen LogP contribution in [0.15, 0.2) is 29.3 Å². The van der Waals surface area contributed by atoms with Crippen LogP contribution >= 0.6 is 15.9 Å². The second-order valence-electron chi connectivity index (χ2n) is 6.32. The van der Waals surface area contributed by atoms with Crippen LogP contribution in [-0.4, -0.2) is 75.1 Å². The molecule has 4 heterocycles. The van der Waals surface area contributed by atoms with Gasteiger partial charge in [0.2, 0.25) is 11.9 Å². The van der Waals surface area contributed by atoms with E-state index in [2.05, 4.69) is 35.9 Å². The zero-order chi connectivity index (χ0) is 20.5. The molecule has 2 fully saturated rings. The van der Waals surface area contributed by atoms with Gasteiger partial charge in [-0.2, -0.15) is 0 Å². The predicted octanol–water partition coefficient (Wildman–Crippen LogP) is 0.306. The molecule has 4 rings (SSSR count). The van der Waals surface area contributed by atoms with Gasteiger partial charge in [0.05, 0.1) is 30.7 Å². The number of anilines is 2. The van der Waals surface area contributed by atoms with Gasteiger partial charge in [-0.25, -0.2) is 37.5 Å². The van der Waals surface area contributed by atoms with E-state index in [0.717, 1.165) is 4.47 Å². The fraction of sp³-hybridized carbons (Fsp3) is 0.429. The fourth-order valence-corrected chi connectivity index (χ4v) is 2.61. The fourth-order valence-electron chi connectivity index (χ4n) is 2.40. The molecule has 28 heavy (non-hydrogen) atoms. The molecule has 150 valence electrons. The summed E-state index contributed by atoms with van der Waals surface area (Å²) < 4.78 is 50.6. The minimum atomic E-state index is -2.67. The second kappa shape index (κ2) is 7.76. The van der Waals surface area contributed by atoms with Crippen LogP contribution in [0.3, 0.4) is 0 Å². The Balaban J connectivity index is 0.000000162. The maximum Gasteiger partial charge on any atom is 0.491 e. The molecule has 0 amide bonds. The van der Waals surface area contributed by atoms with Crippen molar-refractivity contribution in [3.8, 4) is 0 Å². The van der Waals surface area contributed by atoms with Gasteiger partial charge in [0, 0.05) is 30.3 Å². The number of alkyl halides is 4. The van der Waals surface area contributed by atoms with Crippen molar-refractivity contribution in [2.24, 2.45) is 0 Å². The highest BCUT2D eigenvalue weighted by molar-refractivity contribution is 9.10. The molecule has 2 aliphatic rings. The Kier molecular flexibility index (Phi) is 5.73. The highest BCUT2D eigenvalue weighted by Crippen LogP contribution is 2.30. The van der Waals surface area contributed by atoms with Gasteiger partial charge in [0.15, 0.2) is 0 Å². The van der Waals surface area contributed by atoms with Gasteiger partial charge in [0.1, 0.15) is 0 Å². The first kappa shape index (κ1) is 20.7. The Hall–Kier alpha value is -2.06. The van der Waals surface area contributed by atoms with Crippen molar-refractivity contribution >= 4 is 40.4 Å². The first-order valence-corrected chi connectivity index (χ1v) is 8.75. The van der Waals surface area contributed by atoms with Crippen molar-refractivity contribution in [2.45, 2.75) is 11.8 Å². The summed E-state index contributed by atoms with van der Waals surface area (Å²) in [4.78, 5) is 18.0. The molecule has 8 nitrogen and oxygen atoms in total. The summed E-state index contributed by atoms with van der Waals surface area (Å²) in [6.45, 7) is -1.36. The third-order valence-corrected chi connectivity index (χ3v) is 4.23. The van der Waals surface area contributed by atoms with Crippen molar-refractivity contribution in [3.63, 3.8) is 0 Å². The summed E-state index contributed by atoms with van der Waals surface area (Å²) in [5, 5.41) is 17.5. The molecule has 14 heteroatoms. The maximum absolute atomic E-state index is 12.5. The molecule has 2 N–H and O–H groups in total. The molecule has 0 aromatic carbocycles. The minimum absolute atomic E-state index is 0.131. The molecule has 0 atom stereocenters. The van der Waals surface area contributed by atoms with E-state index < -0.39 is 32.1 Å². The number of halogens is 5. The topological polar surface area (TPSA) is 98.5 Å². The average Bonchev–Trinajstić information content (AvgIpc) is 2.59. The lowest BCUT2D eigenvalue weighted by Gasteiger charge is -2.38. The Morgan fingerprint density at radius 1 is 0.786 bits per heavy atom. The Morgan fingerprint density at radius 2 is 1.14 bits per heavy atom. The van der Waals surface area contributed by atoms with E-state index in [4.69, 9.17) is 10.0 Å². The normalized spacial score (nSPS) is 19.1. The number of nitrogens with zero attached hydrogens (tertiary/aromatic N) is 6. The van der Waals surface area contributed by atoms with Crippen LogP contribution in [0.1, 0.15) is 0 Å². The van der Waals surface area contributed by atoms with Gasteiger partial charge in [0.25, 0.3) is 11.8 Å². The molecule has 0 bridgehead atoms. The van der Waals surface area contributed by atoms with Crippen LogP contribution in [0.5, 0.6) is 0 Å². The largest absolute Gasteiger partial charge is 0.491 e. The molecule has 0 unspecified atom stereocenters. The molecule has 2 aromatic heterocycles. The third-order valence-electron chi connectivity index (χ3n) is 3.82.